The molecule has 0 aromatic rings. The molecular formula is C10H16O3. The van der Waals surface area contributed by atoms with Crippen molar-refractivity contribution >= 4 is 0 Å². The number of aliphatic hydroxyl groups excluding tert-OH is 1. The van der Waals surface area contributed by atoms with Crippen molar-refractivity contribution in [1.82, 2.24) is 0 Å². The number of rotatable bonds is 3. The molecule has 0 saturated heterocycles. The number of hydrogen-bond donors (Lipinski definition) is 1. The molecule has 74 valence electrons. The van der Waals surface area contributed by atoms with Gasteiger partial charge in [0.05, 0.1) is 12.2 Å². The molecule has 4 atom stereocenters. The molecule has 1 N–H and O–H groups in total. The lowest BCUT2D eigenvalue weighted by atomic mass is 9.92. The van der Waals surface area contributed by atoms with Crippen LogP contribution in [0.15, 0.2) is 12.2 Å². The Morgan fingerprint density at radius 2 is 2.23 bits per heavy atom. The highest BCUT2D eigenvalue weighted by atomic mass is 16.7. The minimum absolute atomic E-state index is 0.176. The normalized spacial score (nSPS) is 42.6. The molecule has 0 unspecified atom stereocenters. The fraction of sp³-hybridized carbons (Fsp3) is 0.800. The van der Waals surface area contributed by atoms with Crippen molar-refractivity contribution in [3.05, 3.63) is 12.2 Å². The first kappa shape index (κ1) is 9.19. The van der Waals surface area contributed by atoms with Gasteiger partial charge < -0.3 is 14.6 Å². The summed E-state index contributed by atoms with van der Waals surface area (Å²) in [6.07, 6.45) is 5.95. The van der Waals surface area contributed by atoms with Crippen LogP contribution in [0.25, 0.3) is 0 Å². The maximum absolute atomic E-state index is 9.66. The van der Waals surface area contributed by atoms with Crippen molar-refractivity contribution in [2.24, 2.45) is 11.8 Å². The van der Waals surface area contributed by atoms with E-state index in [4.69, 9.17) is 9.47 Å². The van der Waals surface area contributed by atoms with E-state index < -0.39 is 0 Å². The van der Waals surface area contributed by atoms with Gasteiger partial charge in [-0.3, -0.25) is 0 Å². The number of ether oxygens (including phenoxy) is 2. The SMILES string of the molecule is COCO[C@H]1C[C@H]2C=C[C@H](O)[C@@H]1C2. The summed E-state index contributed by atoms with van der Waals surface area (Å²) in [7, 11) is 1.62. The van der Waals surface area contributed by atoms with Crippen LogP contribution in [0.2, 0.25) is 0 Å². The Morgan fingerprint density at radius 3 is 3.00 bits per heavy atom. The van der Waals surface area contributed by atoms with Crippen LogP contribution in [0.3, 0.4) is 0 Å². The zero-order chi connectivity index (χ0) is 9.26. The molecule has 2 bridgehead atoms. The summed E-state index contributed by atoms with van der Waals surface area (Å²) < 4.78 is 10.4. The van der Waals surface area contributed by atoms with Crippen LogP contribution < -0.4 is 0 Å². The minimum Gasteiger partial charge on any atom is -0.389 e. The molecule has 0 aromatic heterocycles. The molecule has 2 aliphatic carbocycles. The van der Waals surface area contributed by atoms with Gasteiger partial charge in [-0.05, 0) is 18.8 Å². The van der Waals surface area contributed by atoms with Gasteiger partial charge in [0, 0.05) is 13.0 Å². The smallest absolute Gasteiger partial charge is 0.146 e. The fourth-order valence-electron chi connectivity index (χ4n) is 2.35. The third-order valence-electron chi connectivity index (χ3n) is 3.01. The van der Waals surface area contributed by atoms with Gasteiger partial charge >= 0.3 is 0 Å². The Balaban J connectivity index is 1.94. The van der Waals surface area contributed by atoms with Gasteiger partial charge in [0.25, 0.3) is 0 Å². The molecule has 0 spiro atoms. The topological polar surface area (TPSA) is 38.7 Å². The van der Waals surface area contributed by atoms with Crippen LogP contribution >= 0.6 is 0 Å². The number of aliphatic hydroxyl groups is 1. The second kappa shape index (κ2) is 3.78. The lowest BCUT2D eigenvalue weighted by molar-refractivity contribution is -0.0946. The van der Waals surface area contributed by atoms with Gasteiger partial charge in [-0.2, -0.15) is 0 Å². The van der Waals surface area contributed by atoms with Crippen LogP contribution in [0.4, 0.5) is 0 Å². The standard InChI is InChI=1S/C10H16O3/c1-12-6-13-10-5-7-2-3-9(11)8(10)4-7/h2-3,7-11H,4-6H2,1H3/t7-,8-,9-,10-/m0/s1. The second-order valence-electron chi connectivity index (χ2n) is 3.88. The largest absolute Gasteiger partial charge is 0.389 e. The molecule has 3 nitrogen and oxygen atoms in total. The third kappa shape index (κ3) is 1.77. The van der Waals surface area contributed by atoms with Crippen LogP contribution in [-0.2, 0) is 9.47 Å². The molecular weight excluding hydrogens is 168 g/mol. The van der Waals surface area contributed by atoms with E-state index in [0.29, 0.717) is 12.7 Å². The highest BCUT2D eigenvalue weighted by Crippen LogP contribution is 2.40. The highest BCUT2D eigenvalue weighted by Gasteiger charge is 2.39. The summed E-state index contributed by atoms with van der Waals surface area (Å²) in [5.41, 5.74) is 0. The first-order valence-electron chi connectivity index (χ1n) is 4.78. The van der Waals surface area contributed by atoms with E-state index in [1.807, 2.05) is 6.08 Å². The second-order valence-corrected chi connectivity index (χ2v) is 3.88. The Morgan fingerprint density at radius 1 is 1.38 bits per heavy atom. The quantitative estimate of drug-likeness (QED) is 0.524. The summed E-state index contributed by atoms with van der Waals surface area (Å²) in [5.74, 6) is 0.889. The van der Waals surface area contributed by atoms with Crippen LogP contribution in [0, 0.1) is 11.8 Å². The van der Waals surface area contributed by atoms with E-state index in [1.54, 1.807) is 7.11 Å². The maximum atomic E-state index is 9.66. The first-order valence-corrected chi connectivity index (χ1v) is 4.78. The Hall–Kier alpha value is -0.380. The van der Waals surface area contributed by atoms with Gasteiger partial charge in [0.15, 0.2) is 0 Å². The average molecular weight is 184 g/mol. The van der Waals surface area contributed by atoms with Crippen LogP contribution in [0.1, 0.15) is 12.8 Å². The van der Waals surface area contributed by atoms with E-state index in [2.05, 4.69) is 6.08 Å². The molecule has 0 aromatic carbocycles. The Bertz CT molecular complexity index is 202. The van der Waals surface area contributed by atoms with E-state index in [1.165, 1.54) is 0 Å². The van der Waals surface area contributed by atoms with Crippen LogP contribution in [0.5, 0.6) is 0 Å². The van der Waals surface area contributed by atoms with E-state index in [9.17, 15) is 5.11 Å². The van der Waals surface area contributed by atoms with Crippen LogP contribution in [-0.4, -0.2) is 31.2 Å². The Labute approximate surface area is 78.3 Å². The molecule has 2 rings (SSSR count). The third-order valence-corrected chi connectivity index (χ3v) is 3.01. The Kier molecular flexibility index (Phi) is 2.67. The van der Waals surface area contributed by atoms with E-state index in [-0.39, 0.29) is 18.1 Å². The monoisotopic (exact) mass is 184 g/mol. The summed E-state index contributed by atoms with van der Waals surface area (Å²) >= 11 is 0. The molecule has 1 fully saturated rings. The molecule has 1 saturated carbocycles. The van der Waals surface area contributed by atoms with E-state index in [0.717, 1.165) is 12.8 Å². The number of fused-ring (bicyclic) bond motifs is 2. The summed E-state index contributed by atoms with van der Waals surface area (Å²) in [6, 6.07) is 0. The summed E-state index contributed by atoms with van der Waals surface area (Å²) in [5, 5.41) is 9.66. The molecule has 13 heavy (non-hydrogen) atoms. The minimum atomic E-state index is -0.319. The zero-order valence-corrected chi connectivity index (χ0v) is 7.85. The first-order chi connectivity index (χ1) is 6.31. The highest BCUT2D eigenvalue weighted by molar-refractivity contribution is 5.09. The molecule has 0 amide bonds. The number of methoxy groups -OCH3 is 1. The van der Waals surface area contributed by atoms with Crippen molar-refractivity contribution in [3.63, 3.8) is 0 Å². The van der Waals surface area contributed by atoms with Crippen molar-refractivity contribution in [2.45, 2.75) is 25.0 Å². The summed E-state index contributed by atoms with van der Waals surface area (Å²) in [6.45, 7) is 0.334. The average Bonchev–Trinajstić information content (AvgIpc) is 2.48. The van der Waals surface area contributed by atoms with Gasteiger partial charge in [-0.25, -0.2) is 0 Å². The summed E-state index contributed by atoms with van der Waals surface area (Å²) in [4.78, 5) is 0. The van der Waals surface area contributed by atoms with Crippen molar-refractivity contribution in [2.75, 3.05) is 13.9 Å². The maximum Gasteiger partial charge on any atom is 0.146 e. The van der Waals surface area contributed by atoms with E-state index >= 15 is 0 Å². The van der Waals surface area contributed by atoms with Gasteiger partial charge in [-0.15, -0.1) is 0 Å². The fourth-order valence-corrected chi connectivity index (χ4v) is 2.35. The van der Waals surface area contributed by atoms with Gasteiger partial charge in [0.2, 0.25) is 0 Å². The molecule has 2 aliphatic rings. The zero-order valence-electron chi connectivity index (χ0n) is 7.85. The molecule has 3 heteroatoms. The van der Waals surface area contributed by atoms with Crippen molar-refractivity contribution in [3.8, 4) is 0 Å². The number of allylic oxidation sites excluding steroid dienone is 1. The molecule has 0 heterocycles. The van der Waals surface area contributed by atoms with Gasteiger partial charge in [0.1, 0.15) is 6.79 Å². The number of hydrogen-bond acceptors (Lipinski definition) is 3. The van der Waals surface area contributed by atoms with Crippen molar-refractivity contribution < 1.29 is 14.6 Å². The van der Waals surface area contributed by atoms with Gasteiger partial charge in [-0.1, -0.05) is 12.2 Å². The predicted octanol–water partition coefficient (Wildman–Crippen LogP) is 0.932. The lowest BCUT2D eigenvalue weighted by Gasteiger charge is -2.23. The molecule has 0 radical (unpaired) electrons. The molecule has 0 aliphatic heterocycles. The lowest BCUT2D eigenvalue weighted by Crippen LogP contribution is -2.29. The van der Waals surface area contributed by atoms with Crippen molar-refractivity contribution in [1.29, 1.82) is 0 Å². The predicted molar refractivity (Wildman–Crippen MR) is 48.1 cm³/mol.